The lowest BCUT2D eigenvalue weighted by Gasteiger charge is -2.22. The Labute approximate surface area is 124 Å². The fraction of sp³-hybridized carbons (Fsp3) is 0.0667. The summed E-state index contributed by atoms with van der Waals surface area (Å²) in [6.07, 6.45) is -4.72. The van der Waals surface area contributed by atoms with Crippen molar-refractivity contribution in [1.29, 1.82) is 0 Å². The average Bonchev–Trinajstić information content (AvgIpc) is 2.47. The SMILES string of the molecule is NC(=O)N(C(=O)c1ccccc1)c1ccccc1C(F)(F)F. The van der Waals surface area contributed by atoms with Crippen molar-refractivity contribution in [2.24, 2.45) is 5.73 Å². The second-order valence-corrected chi connectivity index (χ2v) is 4.36. The average molecular weight is 308 g/mol. The molecule has 0 spiro atoms. The summed E-state index contributed by atoms with van der Waals surface area (Å²) in [5.41, 5.74) is 3.46. The third-order valence-electron chi connectivity index (χ3n) is 2.89. The summed E-state index contributed by atoms with van der Waals surface area (Å²) in [4.78, 5) is 24.2. The molecule has 2 aromatic rings. The minimum absolute atomic E-state index is 0.0540. The number of hydrogen-bond acceptors (Lipinski definition) is 2. The number of imide groups is 1. The predicted octanol–water partition coefficient (Wildman–Crippen LogP) is 3.43. The molecular weight excluding hydrogens is 297 g/mol. The van der Waals surface area contributed by atoms with Crippen LogP contribution in [-0.4, -0.2) is 11.9 Å². The molecule has 2 rings (SSSR count). The van der Waals surface area contributed by atoms with Crippen molar-refractivity contribution in [1.82, 2.24) is 0 Å². The van der Waals surface area contributed by atoms with E-state index in [9.17, 15) is 22.8 Å². The molecule has 0 aromatic heterocycles. The standard InChI is InChI=1S/C15H11F3N2O2/c16-15(17,18)11-8-4-5-9-12(11)20(14(19)22)13(21)10-6-2-1-3-7-10/h1-9H,(H2,19,22). The topological polar surface area (TPSA) is 63.4 Å². The lowest BCUT2D eigenvalue weighted by atomic mass is 10.1. The zero-order valence-corrected chi connectivity index (χ0v) is 11.2. The molecular formula is C15H11F3N2O2. The van der Waals surface area contributed by atoms with Gasteiger partial charge in [-0.1, -0.05) is 30.3 Å². The fourth-order valence-electron chi connectivity index (χ4n) is 1.95. The van der Waals surface area contributed by atoms with Gasteiger partial charge in [0.15, 0.2) is 0 Å². The number of benzene rings is 2. The van der Waals surface area contributed by atoms with Gasteiger partial charge in [-0.3, -0.25) is 4.79 Å². The van der Waals surface area contributed by atoms with E-state index in [1.165, 1.54) is 36.4 Å². The van der Waals surface area contributed by atoms with Gasteiger partial charge in [0.05, 0.1) is 11.3 Å². The second kappa shape index (κ2) is 5.88. The Hall–Kier alpha value is -2.83. The highest BCUT2D eigenvalue weighted by atomic mass is 19.4. The van der Waals surface area contributed by atoms with Crippen molar-refractivity contribution in [2.45, 2.75) is 6.18 Å². The van der Waals surface area contributed by atoms with E-state index < -0.39 is 29.4 Å². The van der Waals surface area contributed by atoms with Gasteiger partial charge in [-0.25, -0.2) is 9.69 Å². The summed E-state index contributed by atoms with van der Waals surface area (Å²) in [6.45, 7) is 0. The maximum Gasteiger partial charge on any atom is 0.418 e. The second-order valence-electron chi connectivity index (χ2n) is 4.36. The first-order chi connectivity index (χ1) is 10.3. The number of nitrogens with two attached hydrogens (primary N) is 1. The number of rotatable bonds is 2. The Bertz CT molecular complexity index is 699. The van der Waals surface area contributed by atoms with Gasteiger partial charge in [-0.15, -0.1) is 0 Å². The zero-order valence-electron chi connectivity index (χ0n) is 11.2. The number of amides is 3. The van der Waals surface area contributed by atoms with E-state index in [2.05, 4.69) is 0 Å². The summed E-state index contributed by atoms with van der Waals surface area (Å²) in [7, 11) is 0. The molecule has 22 heavy (non-hydrogen) atoms. The number of para-hydroxylation sites is 1. The van der Waals surface area contributed by atoms with Crippen LogP contribution in [0.5, 0.6) is 0 Å². The number of anilines is 1. The molecule has 0 saturated carbocycles. The summed E-state index contributed by atoms with van der Waals surface area (Å²) in [5, 5.41) is 0. The van der Waals surface area contributed by atoms with Crippen LogP contribution in [0.15, 0.2) is 54.6 Å². The Morgan fingerprint density at radius 3 is 2.00 bits per heavy atom. The maximum atomic E-state index is 13.0. The van der Waals surface area contributed by atoms with Crippen LogP contribution in [0.3, 0.4) is 0 Å². The van der Waals surface area contributed by atoms with Crippen molar-refractivity contribution in [3.05, 3.63) is 65.7 Å². The van der Waals surface area contributed by atoms with E-state index in [0.29, 0.717) is 4.90 Å². The van der Waals surface area contributed by atoms with Crippen molar-refractivity contribution in [3.8, 4) is 0 Å². The Balaban J connectivity index is 2.56. The molecule has 0 heterocycles. The van der Waals surface area contributed by atoms with Crippen molar-refractivity contribution in [2.75, 3.05) is 4.90 Å². The summed E-state index contributed by atoms with van der Waals surface area (Å²) < 4.78 is 39.1. The quantitative estimate of drug-likeness (QED) is 0.923. The number of nitrogens with zero attached hydrogens (tertiary/aromatic N) is 1. The monoisotopic (exact) mass is 308 g/mol. The Morgan fingerprint density at radius 2 is 1.45 bits per heavy atom. The van der Waals surface area contributed by atoms with Gasteiger partial charge in [0, 0.05) is 5.56 Å². The molecule has 0 fully saturated rings. The van der Waals surface area contributed by atoms with Gasteiger partial charge in [-0.2, -0.15) is 13.2 Å². The first-order valence-corrected chi connectivity index (χ1v) is 6.17. The molecule has 4 nitrogen and oxygen atoms in total. The van der Waals surface area contributed by atoms with Crippen LogP contribution in [0.4, 0.5) is 23.7 Å². The normalized spacial score (nSPS) is 11.0. The third-order valence-corrected chi connectivity index (χ3v) is 2.89. The largest absolute Gasteiger partial charge is 0.418 e. The van der Waals surface area contributed by atoms with E-state index in [4.69, 9.17) is 5.73 Å². The molecule has 0 saturated heterocycles. The van der Waals surface area contributed by atoms with Crippen LogP contribution in [-0.2, 0) is 6.18 Å². The molecule has 0 bridgehead atoms. The molecule has 0 aliphatic carbocycles. The van der Waals surface area contributed by atoms with E-state index in [0.717, 1.165) is 12.1 Å². The molecule has 114 valence electrons. The van der Waals surface area contributed by atoms with Crippen molar-refractivity contribution >= 4 is 17.6 Å². The number of halogens is 3. The third kappa shape index (κ3) is 3.08. The van der Waals surface area contributed by atoms with Crippen molar-refractivity contribution < 1.29 is 22.8 Å². The molecule has 2 aromatic carbocycles. The molecule has 0 radical (unpaired) electrons. The van der Waals surface area contributed by atoms with Crippen LogP contribution in [0.25, 0.3) is 0 Å². The van der Waals surface area contributed by atoms with E-state index in [1.807, 2.05) is 0 Å². The number of primary amides is 1. The summed E-state index contributed by atoms with van der Waals surface area (Å²) in [5.74, 6) is -0.926. The minimum atomic E-state index is -4.72. The van der Waals surface area contributed by atoms with Gasteiger partial charge in [0.25, 0.3) is 5.91 Å². The molecule has 2 N–H and O–H groups in total. The number of carbonyl (C=O) groups excluding carboxylic acids is 2. The van der Waals surface area contributed by atoms with Gasteiger partial charge in [0.2, 0.25) is 0 Å². The van der Waals surface area contributed by atoms with E-state index >= 15 is 0 Å². The van der Waals surface area contributed by atoms with Crippen LogP contribution in [0, 0.1) is 0 Å². The number of hydrogen-bond donors (Lipinski definition) is 1. The molecule has 0 atom stereocenters. The van der Waals surface area contributed by atoms with Crippen LogP contribution >= 0.6 is 0 Å². The minimum Gasteiger partial charge on any atom is -0.351 e. The number of carbonyl (C=O) groups is 2. The summed E-state index contributed by atoms with van der Waals surface area (Å²) in [6, 6.07) is 10.4. The lowest BCUT2D eigenvalue weighted by molar-refractivity contribution is -0.137. The molecule has 0 aliphatic rings. The smallest absolute Gasteiger partial charge is 0.351 e. The molecule has 0 unspecified atom stereocenters. The van der Waals surface area contributed by atoms with Crippen LogP contribution in [0.2, 0.25) is 0 Å². The Kier molecular flexibility index (Phi) is 4.16. The van der Waals surface area contributed by atoms with Crippen LogP contribution in [0.1, 0.15) is 15.9 Å². The zero-order chi connectivity index (χ0) is 16.3. The Morgan fingerprint density at radius 1 is 0.909 bits per heavy atom. The molecule has 3 amide bonds. The van der Waals surface area contributed by atoms with Gasteiger partial charge < -0.3 is 5.73 Å². The van der Waals surface area contributed by atoms with Gasteiger partial charge >= 0.3 is 12.2 Å². The van der Waals surface area contributed by atoms with E-state index in [-0.39, 0.29) is 5.56 Å². The molecule has 0 aliphatic heterocycles. The highest BCUT2D eigenvalue weighted by molar-refractivity contribution is 6.20. The van der Waals surface area contributed by atoms with Gasteiger partial charge in [-0.05, 0) is 24.3 Å². The number of alkyl halides is 3. The molecule has 7 heteroatoms. The highest BCUT2D eigenvalue weighted by Crippen LogP contribution is 2.36. The number of urea groups is 1. The first-order valence-electron chi connectivity index (χ1n) is 6.17. The van der Waals surface area contributed by atoms with Gasteiger partial charge in [0.1, 0.15) is 0 Å². The lowest BCUT2D eigenvalue weighted by Crippen LogP contribution is -2.42. The maximum absolute atomic E-state index is 13.0. The highest BCUT2D eigenvalue weighted by Gasteiger charge is 2.37. The first kappa shape index (κ1) is 15.6. The fourth-order valence-corrected chi connectivity index (χ4v) is 1.95. The predicted molar refractivity (Wildman–Crippen MR) is 74.3 cm³/mol. The van der Waals surface area contributed by atoms with E-state index in [1.54, 1.807) is 6.07 Å². The van der Waals surface area contributed by atoms with Crippen molar-refractivity contribution in [3.63, 3.8) is 0 Å². The van der Waals surface area contributed by atoms with Crippen LogP contribution < -0.4 is 10.6 Å². The summed E-state index contributed by atoms with van der Waals surface area (Å²) >= 11 is 0.